The molecule has 0 amide bonds. The fourth-order valence-corrected chi connectivity index (χ4v) is 1.55. The first-order valence-corrected chi connectivity index (χ1v) is 5.46. The fraction of sp³-hybridized carbons (Fsp3) is 0.231. The Balaban J connectivity index is 2.48. The highest BCUT2D eigenvalue weighted by Gasteiger charge is 2.07. The van der Waals surface area contributed by atoms with Crippen LogP contribution in [0, 0.1) is 5.82 Å². The standard InChI is InChI=1S/C13H14FN3/c1-8(2)11-7-12(17-13(15)16-11)9-3-5-10(14)6-4-9/h3-8H,1-2H3,(H2,15,16,17). The molecule has 0 aliphatic heterocycles. The minimum Gasteiger partial charge on any atom is -0.368 e. The summed E-state index contributed by atoms with van der Waals surface area (Å²) in [6.45, 7) is 4.08. The normalized spacial score (nSPS) is 10.8. The number of halogens is 1. The van der Waals surface area contributed by atoms with Crippen molar-refractivity contribution < 1.29 is 4.39 Å². The van der Waals surface area contributed by atoms with Crippen LogP contribution in [0.4, 0.5) is 10.3 Å². The van der Waals surface area contributed by atoms with Crippen molar-refractivity contribution in [1.82, 2.24) is 9.97 Å². The summed E-state index contributed by atoms with van der Waals surface area (Å²) in [7, 11) is 0. The lowest BCUT2D eigenvalue weighted by Gasteiger charge is -2.08. The summed E-state index contributed by atoms with van der Waals surface area (Å²) in [6, 6.07) is 8.06. The molecule has 0 aliphatic rings. The molecule has 88 valence electrons. The van der Waals surface area contributed by atoms with Crippen molar-refractivity contribution in [3.8, 4) is 11.3 Å². The second-order valence-electron chi connectivity index (χ2n) is 4.20. The van der Waals surface area contributed by atoms with E-state index in [1.54, 1.807) is 12.1 Å². The van der Waals surface area contributed by atoms with Gasteiger partial charge < -0.3 is 5.73 Å². The third kappa shape index (κ3) is 2.58. The van der Waals surface area contributed by atoms with Gasteiger partial charge in [-0.05, 0) is 36.2 Å². The summed E-state index contributed by atoms with van der Waals surface area (Å²) in [5, 5.41) is 0. The minimum atomic E-state index is -0.264. The van der Waals surface area contributed by atoms with Crippen LogP contribution in [0.15, 0.2) is 30.3 Å². The third-order valence-electron chi connectivity index (χ3n) is 2.49. The summed E-state index contributed by atoms with van der Waals surface area (Å²) in [6.07, 6.45) is 0. The van der Waals surface area contributed by atoms with Crippen LogP contribution in [0.25, 0.3) is 11.3 Å². The maximum absolute atomic E-state index is 12.8. The summed E-state index contributed by atoms with van der Waals surface area (Å²) < 4.78 is 12.8. The van der Waals surface area contributed by atoms with Crippen molar-refractivity contribution in [2.75, 3.05) is 5.73 Å². The molecular formula is C13H14FN3. The van der Waals surface area contributed by atoms with E-state index in [4.69, 9.17) is 5.73 Å². The molecule has 1 aromatic carbocycles. The predicted molar refractivity (Wildman–Crippen MR) is 65.9 cm³/mol. The zero-order valence-electron chi connectivity index (χ0n) is 9.81. The molecule has 0 unspecified atom stereocenters. The lowest BCUT2D eigenvalue weighted by atomic mass is 10.1. The van der Waals surface area contributed by atoms with Crippen LogP contribution < -0.4 is 5.73 Å². The average Bonchev–Trinajstić information content (AvgIpc) is 2.29. The number of nitrogen functional groups attached to an aromatic ring is 1. The van der Waals surface area contributed by atoms with E-state index in [-0.39, 0.29) is 17.7 Å². The van der Waals surface area contributed by atoms with E-state index >= 15 is 0 Å². The Labute approximate surface area is 99.5 Å². The van der Waals surface area contributed by atoms with Gasteiger partial charge in [0.25, 0.3) is 0 Å². The van der Waals surface area contributed by atoms with Crippen molar-refractivity contribution in [1.29, 1.82) is 0 Å². The van der Waals surface area contributed by atoms with Gasteiger partial charge in [0.2, 0.25) is 5.95 Å². The maximum atomic E-state index is 12.8. The van der Waals surface area contributed by atoms with Crippen LogP contribution in [0.2, 0.25) is 0 Å². The molecule has 2 aromatic rings. The SMILES string of the molecule is CC(C)c1cc(-c2ccc(F)cc2)nc(N)n1. The topological polar surface area (TPSA) is 51.8 Å². The summed E-state index contributed by atoms with van der Waals surface area (Å²) in [4.78, 5) is 8.33. The van der Waals surface area contributed by atoms with Gasteiger partial charge in [-0.25, -0.2) is 14.4 Å². The van der Waals surface area contributed by atoms with E-state index < -0.39 is 0 Å². The second kappa shape index (κ2) is 4.49. The number of nitrogens with two attached hydrogens (primary N) is 1. The van der Waals surface area contributed by atoms with Gasteiger partial charge in [-0.15, -0.1) is 0 Å². The van der Waals surface area contributed by atoms with Gasteiger partial charge in [0, 0.05) is 11.3 Å². The van der Waals surface area contributed by atoms with Gasteiger partial charge in [0.05, 0.1) is 5.69 Å². The van der Waals surface area contributed by atoms with E-state index in [1.165, 1.54) is 12.1 Å². The molecule has 4 heteroatoms. The number of rotatable bonds is 2. The van der Waals surface area contributed by atoms with Gasteiger partial charge in [-0.1, -0.05) is 13.8 Å². The molecule has 2 N–H and O–H groups in total. The molecule has 0 saturated heterocycles. The van der Waals surface area contributed by atoms with Crippen molar-refractivity contribution in [2.24, 2.45) is 0 Å². The second-order valence-corrected chi connectivity index (χ2v) is 4.20. The van der Waals surface area contributed by atoms with Gasteiger partial charge >= 0.3 is 0 Å². The number of nitrogens with zero attached hydrogens (tertiary/aromatic N) is 2. The Kier molecular flexibility index (Phi) is 3.04. The Morgan fingerprint density at radius 3 is 2.35 bits per heavy atom. The van der Waals surface area contributed by atoms with Crippen LogP contribution in [-0.4, -0.2) is 9.97 Å². The fourth-order valence-electron chi connectivity index (χ4n) is 1.55. The van der Waals surface area contributed by atoms with Crippen LogP contribution in [0.5, 0.6) is 0 Å². The minimum absolute atomic E-state index is 0.246. The first-order chi connectivity index (χ1) is 8.06. The largest absolute Gasteiger partial charge is 0.368 e. The molecule has 1 heterocycles. The zero-order valence-corrected chi connectivity index (χ0v) is 9.81. The molecule has 0 bridgehead atoms. The molecule has 0 fully saturated rings. The molecular weight excluding hydrogens is 217 g/mol. The molecule has 0 atom stereocenters. The maximum Gasteiger partial charge on any atom is 0.220 e. The van der Waals surface area contributed by atoms with Crippen molar-refractivity contribution >= 4 is 5.95 Å². The quantitative estimate of drug-likeness (QED) is 0.864. The Hall–Kier alpha value is -1.97. The number of anilines is 1. The van der Waals surface area contributed by atoms with Crippen molar-refractivity contribution in [3.05, 3.63) is 41.8 Å². The zero-order chi connectivity index (χ0) is 12.4. The number of benzene rings is 1. The average molecular weight is 231 g/mol. The number of hydrogen-bond donors (Lipinski definition) is 1. The third-order valence-corrected chi connectivity index (χ3v) is 2.49. The molecule has 0 saturated carbocycles. The Bertz CT molecular complexity index is 521. The van der Waals surface area contributed by atoms with E-state index in [2.05, 4.69) is 9.97 Å². The predicted octanol–water partition coefficient (Wildman–Crippen LogP) is 2.99. The van der Waals surface area contributed by atoms with Crippen LogP contribution in [0.3, 0.4) is 0 Å². The van der Waals surface area contributed by atoms with Gasteiger partial charge in [-0.2, -0.15) is 0 Å². The van der Waals surface area contributed by atoms with Crippen LogP contribution >= 0.6 is 0 Å². The lowest BCUT2D eigenvalue weighted by molar-refractivity contribution is 0.628. The summed E-state index contributed by atoms with van der Waals surface area (Å²) >= 11 is 0. The highest BCUT2D eigenvalue weighted by molar-refractivity contribution is 5.60. The summed E-state index contributed by atoms with van der Waals surface area (Å²) in [5.41, 5.74) is 8.11. The molecule has 0 spiro atoms. The van der Waals surface area contributed by atoms with Gasteiger partial charge in [-0.3, -0.25) is 0 Å². The van der Waals surface area contributed by atoms with Crippen LogP contribution in [0.1, 0.15) is 25.5 Å². The molecule has 17 heavy (non-hydrogen) atoms. The Morgan fingerprint density at radius 2 is 1.76 bits per heavy atom. The molecule has 0 aliphatic carbocycles. The van der Waals surface area contributed by atoms with E-state index in [1.807, 2.05) is 19.9 Å². The molecule has 2 rings (SSSR count). The lowest BCUT2D eigenvalue weighted by Crippen LogP contribution is -2.02. The Morgan fingerprint density at radius 1 is 1.12 bits per heavy atom. The van der Waals surface area contributed by atoms with E-state index in [9.17, 15) is 4.39 Å². The monoisotopic (exact) mass is 231 g/mol. The smallest absolute Gasteiger partial charge is 0.220 e. The summed E-state index contributed by atoms with van der Waals surface area (Å²) in [5.74, 6) is 0.259. The first-order valence-electron chi connectivity index (χ1n) is 5.46. The highest BCUT2D eigenvalue weighted by Crippen LogP contribution is 2.22. The van der Waals surface area contributed by atoms with Gasteiger partial charge in [0.1, 0.15) is 5.82 Å². The van der Waals surface area contributed by atoms with E-state index in [0.717, 1.165) is 17.0 Å². The van der Waals surface area contributed by atoms with Gasteiger partial charge in [0.15, 0.2) is 0 Å². The van der Waals surface area contributed by atoms with Crippen molar-refractivity contribution in [2.45, 2.75) is 19.8 Å². The number of hydrogen-bond acceptors (Lipinski definition) is 3. The highest BCUT2D eigenvalue weighted by atomic mass is 19.1. The van der Waals surface area contributed by atoms with Crippen LogP contribution in [-0.2, 0) is 0 Å². The molecule has 1 aromatic heterocycles. The molecule has 0 radical (unpaired) electrons. The van der Waals surface area contributed by atoms with E-state index in [0.29, 0.717) is 0 Å². The first kappa shape index (κ1) is 11.5. The molecule has 3 nitrogen and oxygen atoms in total. The van der Waals surface area contributed by atoms with Crippen molar-refractivity contribution in [3.63, 3.8) is 0 Å². The number of aromatic nitrogens is 2.